The average Bonchev–Trinajstić information content (AvgIpc) is 3.11. The number of anilines is 1. The molecule has 1 heterocycles. The van der Waals surface area contributed by atoms with Gasteiger partial charge in [0.2, 0.25) is 0 Å². The second-order valence-electron chi connectivity index (χ2n) is 7.69. The number of carbonyl (C=O) groups excluding carboxylic acids is 1. The van der Waals surface area contributed by atoms with E-state index in [2.05, 4.69) is 37.6 Å². The molecule has 150 valence electrons. The van der Waals surface area contributed by atoms with Crippen molar-refractivity contribution in [2.24, 2.45) is 0 Å². The largest absolute Gasteiger partial charge is 0.480 e. The molecule has 0 aliphatic rings. The Labute approximate surface area is 170 Å². The van der Waals surface area contributed by atoms with Crippen molar-refractivity contribution in [2.45, 2.75) is 32.7 Å². The van der Waals surface area contributed by atoms with Crippen molar-refractivity contribution in [1.29, 1.82) is 0 Å². The molecule has 7 heteroatoms. The summed E-state index contributed by atoms with van der Waals surface area (Å²) in [5, 5.41) is 11.8. The lowest BCUT2D eigenvalue weighted by Gasteiger charge is -2.21. The molecule has 1 amide bonds. The van der Waals surface area contributed by atoms with E-state index in [-0.39, 0.29) is 17.9 Å². The summed E-state index contributed by atoms with van der Waals surface area (Å²) < 4.78 is 0. The molecule has 0 radical (unpaired) electrons. The van der Waals surface area contributed by atoms with Gasteiger partial charge >= 0.3 is 5.97 Å². The Morgan fingerprint density at radius 3 is 2.39 bits per heavy atom. The fraction of sp³-hybridized carbons (Fsp3) is 0.381. The maximum absolute atomic E-state index is 12.3. The molecule has 0 spiro atoms. The fourth-order valence-electron chi connectivity index (χ4n) is 2.59. The van der Waals surface area contributed by atoms with Crippen molar-refractivity contribution in [3.05, 3.63) is 59.1 Å². The molecule has 1 aromatic heterocycles. The van der Waals surface area contributed by atoms with Gasteiger partial charge in [0.05, 0.1) is 5.69 Å². The van der Waals surface area contributed by atoms with Crippen molar-refractivity contribution >= 4 is 28.3 Å². The molecule has 6 nitrogen and oxygen atoms in total. The lowest BCUT2D eigenvalue weighted by Crippen LogP contribution is -2.31. The summed E-state index contributed by atoms with van der Waals surface area (Å²) in [6, 6.07) is 7.22. The zero-order valence-corrected chi connectivity index (χ0v) is 17.6. The van der Waals surface area contributed by atoms with Crippen molar-refractivity contribution < 1.29 is 14.7 Å². The van der Waals surface area contributed by atoms with Gasteiger partial charge in [-0.2, -0.15) is 0 Å². The van der Waals surface area contributed by atoms with Crippen LogP contribution in [0.3, 0.4) is 0 Å². The Morgan fingerprint density at radius 1 is 1.25 bits per heavy atom. The monoisotopic (exact) mass is 401 g/mol. The van der Waals surface area contributed by atoms with Gasteiger partial charge < -0.3 is 14.9 Å². The first-order chi connectivity index (χ1) is 13.1. The summed E-state index contributed by atoms with van der Waals surface area (Å²) in [5.41, 5.74) is 2.56. The molecule has 0 saturated heterocycles. The van der Waals surface area contributed by atoms with Crippen LogP contribution in [0.1, 0.15) is 42.4 Å². The minimum Gasteiger partial charge on any atom is -0.480 e. The third-order valence-electron chi connectivity index (χ3n) is 4.17. The SMILES string of the molecule is C=CCN(Cc1ccc(C(=O)N(C)CC(=O)O)cc1)c1nc(C(C)(C)C)cs1. The summed E-state index contributed by atoms with van der Waals surface area (Å²) >= 11 is 1.61. The first-order valence-electron chi connectivity index (χ1n) is 9.00. The third-order valence-corrected chi connectivity index (χ3v) is 5.08. The van der Waals surface area contributed by atoms with Crippen LogP contribution in [0.4, 0.5) is 5.13 Å². The summed E-state index contributed by atoms with van der Waals surface area (Å²) in [6.07, 6.45) is 1.84. The molecule has 2 rings (SSSR count). The Hall–Kier alpha value is -2.67. The molecule has 0 aliphatic carbocycles. The summed E-state index contributed by atoms with van der Waals surface area (Å²) in [5.74, 6) is -1.35. The molecule has 1 N–H and O–H groups in total. The number of benzene rings is 1. The van der Waals surface area contributed by atoms with E-state index in [0.29, 0.717) is 18.7 Å². The number of aromatic nitrogens is 1. The zero-order valence-electron chi connectivity index (χ0n) is 16.8. The first kappa shape index (κ1) is 21.6. The van der Waals surface area contributed by atoms with Crippen molar-refractivity contribution in [3.63, 3.8) is 0 Å². The number of likely N-dealkylation sites (N-methyl/N-ethyl adjacent to an activating group) is 1. The van der Waals surface area contributed by atoms with Crippen LogP contribution < -0.4 is 4.90 Å². The predicted octanol–water partition coefficient (Wildman–Crippen LogP) is 3.79. The Morgan fingerprint density at radius 2 is 1.89 bits per heavy atom. The average molecular weight is 402 g/mol. The van der Waals surface area contributed by atoms with Crippen molar-refractivity contribution in [2.75, 3.05) is 25.0 Å². The van der Waals surface area contributed by atoms with Gasteiger partial charge in [-0.25, -0.2) is 4.98 Å². The summed E-state index contributed by atoms with van der Waals surface area (Å²) in [4.78, 5) is 31.1. The molecule has 0 unspecified atom stereocenters. The molecule has 0 aliphatic heterocycles. The smallest absolute Gasteiger partial charge is 0.323 e. The number of hydrogen-bond acceptors (Lipinski definition) is 5. The highest BCUT2D eigenvalue weighted by atomic mass is 32.1. The molecule has 0 atom stereocenters. The summed E-state index contributed by atoms with van der Waals surface area (Å²) in [7, 11) is 1.48. The van der Waals surface area contributed by atoms with E-state index in [9.17, 15) is 9.59 Å². The highest BCUT2D eigenvalue weighted by Crippen LogP contribution is 2.29. The van der Waals surface area contributed by atoms with Gasteiger partial charge in [0.25, 0.3) is 5.91 Å². The number of hydrogen-bond donors (Lipinski definition) is 1. The maximum Gasteiger partial charge on any atom is 0.323 e. The van der Waals surface area contributed by atoms with Crippen LogP contribution in [0.5, 0.6) is 0 Å². The van der Waals surface area contributed by atoms with Crippen LogP contribution in [-0.4, -0.2) is 47.0 Å². The minimum atomic E-state index is -1.04. The van der Waals surface area contributed by atoms with Crippen LogP contribution in [0.15, 0.2) is 42.3 Å². The molecule has 1 aromatic carbocycles. The number of nitrogens with zero attached hydrogens (tertiary/aromatic N) is 3. The lowest BCUT2D eigenvalue weighted by atomic mass is 9.93. The molecular formula is C21H27N3O3S. The first-order valence-corrected chi connectivity index (χ1v) is 9.88. The zero-order chi connectivity index (χ0) is 20.9. The number of amides is 1. The van der Waals surface area contributed by atoms with E-state index >= 15 is 0 Å². The number of rotatable bonds is 8. The summed E-state index contributed by atoms with van der Waals surface area (Å²) in [6.45, 7) is 11.2. The molecule has 0 saturated carbocycles. The number of carboxylic acid groups (broad SMARTS) is 1. The van der Waals surface area contributed by atoms with Gasteiger partial charge in [0.15, 0.2) is 5.13 Å². The van der Waals surface area contributed by atoms with E-state index in [4.69, 9.17) is 10.1 Å². The molecule has 0 bridgehead atoms. The fourth-order valence-corrected chi connectivity index (χ4v) is 3.65. The van der Waals surface area contributed by atoms with Gasteiger partial charge in [0.1, 0.15) is 6.54 Å². The number of thiazole rings is 1. The maximum atomic E-state index is 12.3. The molecule has 2 aromatic rings. The number of carbonyl (C=O) groups is 2. The highest BCUT2D eigenvalue weighted by Gasteiger charge is 2.20. The second-order valence-corrected chi connectivity index (χ2v) is 8.52. The van der Waals surface area contributed by atoms with E-state index in [1.165, 1.54) is 11.9 Å². The quantitative estimate of drug-likeness (QED) is 0.681. The lowest BCUT2D eigenvalue weighted by molar-refractivity contribution is -0.137. The topological polar surface area (TPSA) is 73.7 Å². The van der Waals surface area contributed by atoms with Crippen LogP contribution >= 0.6 is 11.3 Å². The van der Waals surface area contributed by atoms with Crippen LogP contribution in [0.25, 0.3) is 0 Å². The van der Waals surface area contributed by atoms with Gasteiger partial charge in [-0.05, 0) is 17.7 Å². The predicted molar refractivity (Wildman–Crippen MR) is 113 cm³/mol. The van der Waals surface area contributed by atoms with Gasteiger partial charge in [-0.1, -0.05) is 39.0 Å². The van der Waals surface area contributed by atoms with Crippen molar-refractivity contribution in [1.82, 2.24) is 9.88 Å². The Balaban J connectivity index is 2.13. The van der Waals surface area contributed by atoms with E-state index in [0.717, 1.165) is 16.4 Å². The van der Waals surface area contributed by atoms with Crippen LogP contribution in [0, 0.1) is 0 Å². The van der Waals surface area contributed by atoms with E-state index < -0.39 is 5.97 Å². The van der Waals surface area contributed by atoms with Crippen LogP contribution in [0.2, 0.25) is 0 Å². The van der Waals surface area contributed by atoms with E-state index in [1.54, 1.807) is 23.5 Å². The molecule has 0 fully saturated rings. The van der Waals surface area contributed by atoms with Crippen LogP contribution in [-0.2, 0) is 16.8 Å². The van der Waals surface area contributed by atoms with Gasteiger partial charge in [0, 0.05) is 36.5 Å². The number of aliphatic carboxylic acids is 1. The normalized spacial score (nSPS) is 11.1. The standard InChI is InChI=1S/C21H27N3O3S/c1-6-11-24(20-22-17(14-28-20)21(2,3)4)12-15-7-9-16(10-8-15)19(27)23(5)13-18(25)26/h6-10,14H,1,11-13H2,2-5H3,(H,25,26). The third kappa shape index (κ3) is 5.66. The Bertz CT molecular complexity index is 837. The van der Waals surface area contributed by atoms with Gasteiger partial charge in [-0.3, -0.25) is 9.59 Å². The Kier molecular flexibility index (Phi) is 6.96. The van der Waals surface area contributed by atoms with E-state index in [1.807, 2.05) is 18.2 Å². The highest BCUT2D eigenvalue weighted by molar-refractivity contribution is 7.13. The number of carboxylic acids is 1. The second kappa shape index (κ2) is 9.01. The molecular weight excluding hydrogens is 374 g/mol. The minimum absolute atomic E-state index is 0.00140. The van der Waals surface area contributed by atoms with Crippen molar-refractivity contribution in [3.8, 4) is 0 Å². The van der Waals surface area contributed by atoms with Gasteiger partial charge in [-0.15, -0.1) is 17.9 Å². The molecule has 28 heavy (non-hydrogen) atoms.